The fourth-order valence-electron chi connectivity index (χ4n) is 3.85. The number of ether oxygens (including phenoxy) is 2. The number of non-ortho nitro benzene ring substituents is 1. The van der Waals surface area contributed by atoms with Gasteiger partial charge in [-0.2, -0.15) is 0 Å². The lowest BCUT2D eigenvalue weighted by Gasteiger charge is -2.24. The van der Waals surface area contributed by atoms with Gasteiger partial charge in [-0.05, 0) is 31.3 Å². The lowest BCUT2D eigenvalue weighted by atomic mass is 10.1. The Kier molecular flexibility index (Phi) is 7.18. The molecule has 0 aliphatic heterocycles. The molecule has 4 aromatic rings. The monoisotopic (exact) mass is 513 g/mol. The van der Waals surface area contributed by atoms with Crippen molar-refractivity contribution in [2.75, 3.05) is 43.6 Å². The predicted molar refractivity (Wildman–Crippen MR) is 144 cm³/mol. The van der Waals surface area contributed by atoms with Gasteiger partial charge >= 0.3 is 0 Å². The summed E-state index contributed by atoms with van der Waals surface area (Å²) in [6.45, 7) is 2.70. The minimum atomic E-state index is -0.702. The number of hydrogen-bond acceptors (Lipinski definition) is 8. The molecule has 0 spiro atoms. The Morgan fingerprint density at radius 1 is 1.22 bits per heavy atom. The first kappa shape index (κ1) is 25.5. The Morgan fingerprint density at radius 2 is 2.00 bits per heavy atom. The summed E-state index contributed by atoms with van der Waals surface area (Å²) in [5.41, 5.74) is 3.42. The second-order valence-electron chi connectivity index (χ2n) is 9.35. The smallest absolute Gasteiger partial charge is 0.293 e. The van der Waals surface area contributed by atoms with Gasteiger partial charge in [0.2, 0.25) is 5.95 Å². The van der Waals surface area contributed by atoms with Crippen LogP contribution in [0.15, 0.2) is 36.8 Å². The van der Waals surface area contributed by atoms with Crippen molar-refractivity contribution in [3.8, 4) is 17.1 Å². The van der Waals surface area contributed by atoms with E-state index in [-0.39, 0.29) is 17.3 Å². The average molecular weight is 514 g/mol. The molecule has 0 amide bonds. The molecule has 1 N–H and O–H groups in total. The van der Waals surface area contributed by atoms with Gasteiger partial charge in [0.15, 0.2) is 0 Å². The summed E-state index contributed by atoms with van der Waals surface area (Å²) < 4.78 is 14.7. The Morgan fingerprint density at radius 3 is 2.69 bits per heavy atom. The minimum absolute atomic E-state index is 0.0222. The molecule has 192 valence electrons. The van der Waals surface area contributed by atoms with Crippen LogP contribution in [0.25, 0.3) is 22.2 Å². The summed E-state index contributed by atoms with van der Waals surface area (Å²) in [6, 6.07) is 5.07. The molecular formula is C24H31N7O4S. The van der Waals surface area contributed by atoms with E-state index < -0.39 is 10.0 Å². The van der Waals surface area contributed by atoms with E-state index in [0.717, 1.165) is 22.3 Å². The van der Waals surface area contributed by atoms with Crippen molar-refractivity contribution in [1.82, 2.24) is 24.3 Å². The molecule has 0 unspecified atom stereocenters. The topological polar surface area (TPSA) is 122 Å². The molecular weight excluding hydrogens is 482 g/mol. The fraction of sp³-hybridized carbons (Fsp3) is 0.375. The van der Waals surface area contributed by atoms with E-state index in [1.807, 2.05) is 19.2 Å². The highest BCUT2D eigenvalue weighted by atomic mass is 32.3. The number of nitrogens with one attached hydrogen (secondary N) is 1. The van der Waals surface area contributed by atoms with Gasteiger partial charge in [-0.1, -0.05) is 12.1 Å². The number of anilines is 2. The van der Waals surface area contributed by atoms with E-state index in [9.17, 15) is 10.1 Å². The maximum Gasteiger partial charge on any atom is 0.293 e. The molecule has 0 radical (unpaired) electrons. The molecule has 3 heterocycles. The number of nitrogens with zero attached hydrogens (tertiary/aromatic N) is 6. The van der Waals surface area contributed by atoms with Crippen LogP contribution < -0.4 is 10.1 Å². The molecule has 12 heteroatoms. The number of para-hydroxylation sites is 1. The lowest BCUT2D eigenvalue weighted by molar-refractivity contribution is -0.383. The van der Waals surface area contributed by atoms with Crippen molar-refractivity contribution >= 4 is 38.3 Å². The molecule has 0 saturated carbocycles. The second-order valence-corrected chi connectivity index (χ2v) is 13.9. The summed E-state index contributed by atoms with van der Waals surface area (Å²) in [5, 5.41) is 20.0. The molecule has 0 aliphatic rings. The molecule has 0 saturated heterocycles. The van der Waals surface area contributed by atoms with E-state index in [2.05, 4.69) is 34.2 Å². The summed E-state index contributed by atoms with van der Waals surface area (Å²) in [7, 11) is 2.64. The van der Waals surface area contributed by atoms with Gasteiger partial charge in [0.1, 0.15) is 17.9 Å². The van der Waals surface area contributed by atoms with Crippen LogP contribution in [-0.4, -0.2) is 67.5 Å². The largest absolute Gasteiger partial charge is 0.478 e. The van der Waals surface area contributed by atoms with Crippen LogP contribution in [-0.2, 0) is 18.5 Å². The van der Waals surface area contributed by atoms with Crippen LogP contribution in [0, 0.1) is 17.0 Å². The Labute approximate surface area is 210 Å². The normalized spacial score (nSPS) is 12.2. The molecule has 4 rings (SSSR count). The van der Waals surface area contributed by atoms with Gasteiger partial charge in [0, 0.05) is 42.2 Å². The minimum Gasteiger partial charge on any atom is -0.478 e. The van der Waals surface area contributed by atoms with E-state index in [0.29, 0.717) is 35.3 Å². The summed E-state index contributed by atoms with van der Waals surface area (Å²) >= 11 is 0. The van der Waals surface area contributed by atoms with Gasteiger partial charge in [0.25, 0.3) is 11.6 Å². The van der Waals surface area contributed by atoms with Crippen LogP contribution in [0.1, 0.15) is 5.56 Å². The second kappa shape index (κ2) is 10.2. The zero-order valence-electron chi connectivity index (χ0n) is 21.3. The third-order valence-corrected chi connectivity index (χ3v) is 7.00. The van der Waals surface area contributed by atoms with Crippen molar-refractivity contribution in [2.24, 2.45) is 7.05 Å². The Bertz CT molecular complexity index is 1410. The first-order valence-corrected chi connectivity index (χ1v) is 14.3. The molecule has 36 heavy (non-hydrogen) atoms. The number of aryl methyl sites for hydroxylation is 2. The summed E-state index contributed by atoms with van der Waals surface area (Å²) in [6.07, 6.45) is 12.1. The van der Waals surface area contributed by atoms with Crippen LogP contribution in [0.2, 0.25) is 0 Å². The van der Waals surface area contributed by atoms with Crippen molar-refractivity contribution in [1.29, 1.82) is 0 Å². The first-order valence-electron chi connectivity index (χ1n) is 11.3. The van der Waals surface area contributed by atoms with E-state index >= 15 is 0 Å². The van der Waals surface area contributed by atoms with Crippen molar-refractivity contribution < 1.29 is 14.4 Å². The number of hydrogen-bond donors (Lipinski definition) is 1. The van der Waals surface area contributed by atoms with E-state index in [1.165, 1.54) is 6.07 Å². The number of benzene rings is 1. The third kappa shape index (κ3) is 5.44. The lowest BCUT2D eigenvalue weighted by Crippen LogP contribution is -2.09. The van der Waals surface area contributed by atoms with Gasteiger partial charge < -0.3 is 19.4 Å². The quantitative estimate of drug-likeness (QED) is 0.187. The van der Waals surface area contributed by atoms with Crippen molar-refractivity contribution in [2.45, 2.75) is 13.7 Å². The molecule has 0 bridgehead atoms. The summed E-state index contributed by atoms with van der Waals surface area (Å²) in [5.74, 6) is 1.74. The Balaban J connectivity index is 1.75. The predicted octanol–water partition coefficient (Wildman–Crippen LogP) is 4.47. The average Bonchev–Trinajstić information content (AvgIpc) is 3.36. The highest BCUT2D eigenvalue weighted by Crippen LogP contribution is 2.37. The van der Waals surface area contributed by atoms with E-state index in [1.54, 1.807) is 41.9 Å². The third-order valence-electron chi connectivity index (χ3n) is 5.61. The van der Waals surface area contributed by atoms with E-state index in [4.69, 9.17) is 14.5 Å². The van der Waals surface area contributed by atoms with Crippen LogP contribution >= 0.6 is 10.0 Å². The molecule has 1 aromatic carbocycles. The number of fused-ring (bicyclic) bond motifs is 1. The van der Waals surface area contributed by atoms with Crippen molar-refractivity contribution in [3.63, 3.8) is 0 Å². The maximum atomic E-state index is 11.9. The van der Waals surface area contributed by atoms with Crippen molar-refractivity contribution in [3.05, 3.63) is 52.5 Å². The zero-order valence-corrected chi connectivity index (χ0v) is 22.1. The number of nitro groups is 1. The van der Waals surface area contributed by atoms with Crippen LogP contribution in [0.3, 0.4) is 0 Å². The Hall–Kier alpha value is -3.64. The molecule has 11 nitrogen and oxygen atoms in total. The number of nitro benzene ring substituents is 1. The number of methoxy groups -OCH3 is 1. The number of aromatic nitrogens is 5. The van der Waals surface area contributed by atoms with Crippen LogP contribution in [0.5, 0.6) is 5.88 Å². The highest BCUT2D eigenvalue weighted by Gasteiger charge is 2.22. The molecule has 0 aliphatic carbocycles. The number of rotatable bonds is 10. The van der Waals surface area contributed by atoms with Crippen LogP contribution in [0.4, 0.5) is 17.3 Å². The van der Waals surface area contributed by atoms with Gasteiger partial charge in [-0.3, -0.25) is 14.8 Å². The maximum absolute atomic E-state index is 11.9. The molecule has 3 aromatic heterocycles. The zero-order chi connectivity index (χ0) is 26.0. The van der Waals surface area contributed by atoms with Gasteiger partial charge in [-0.25, -0.2) is 20.0 Å². The molecule has 0 atom stereocenters. The summed E-state index contributed by atoms with van der Waals surface area (Å²) in [4.78, 5) is 20.7. The fourth-order valence-corrected chi connectivity index (χ4v) is 4.47. The SMILES string of the molecule is COc1nn(C)cc1Nc1ncc(C)c(-c2cn(COCCS(C)(C)C)c3c([N+](=O)[O-])cccc23)n1. The standard InChI is InChI=1S/C24H31N7O4S/c1-16-12-25-24(26-19-14-29(2)28-23(19)34-3)27-21(16)18-13-30(15-35-10-11-36(4,5)6)22-17(18)8-7-9-20(22)31(32)33/h7-9,12-14H,10-11,15H2,1-6H3,(H,25,26,27). The first-order chi connectivity index (χ1) is 17.1. The van der Waals surface area contributed by atoms with Gasteiger partial charge in [-0.15, -0.1) is 5.10 Å². The highest BCUT2D eigenvalue weighted by molar-refractivity contribution is 8.32. The molecule has 0 fully saturated rings. The van der Waals surface area contributed by atoms with Gasteiger partial charge in [0.05, 0.1) is 30.5 Å².